The first-order valence-electron chi connectivity index (χ1n) is 7.20. The first-order valence-corrected chi connectivity index (χ1v) is 8.00. The maximum Gasteiger partial charge on any atom is 0.255 e. The van der Waals surface area contributed by atoms with E-state index in [0.717, 1.165) is 42.3 Å². The molecule has 104 valence electrons. The van der Waals surface area contributed by atoms with Crippen molar-refractivity contribution in [2.75, 3.05) is 6.54 Å². The fourth-order valence-electron chi connectivity index (χ4n) is 2.85. The number of rotatable bonds is 3. The molecule has 1 unspecified atom stereocenters. The van der Waals surface area contributed by atoms with E-state index in [2.05, 4.69) is 27.8 Å². The van der Waals surface area contributed by atoms with Gasteiger partial charge in [0, 0.05) is 17.1 Å². The molecule has 0 saturated carbocycles. The third kappa shape index (κ3) is 3.38. The van der Waals surface area contributed by atoms with Crippen LogP contribution in [0.2, 0.25) is 0 Å². The highest BCUT2D eigenvalue weighted by Gasteiger charge is 2.27. The van der Waals surface area contributed by atoms with Crippen LogP contribution in [0, 0.1) is 6.92 Å². The highest BCUT2D eigenvalue weighted by atomic mass is 79.9. The van der Waals surface area contributed by atoms with E-state index in [1.165, 1.54) is 12.0 Å². The molecule has 1 aliphatic rings. The Labute approximate surface area is 124 Å². The number of hydrogen-bond acceptors (Lipinski definition) is 1. The molecule has 1 fully saturated rings. The van der Waals surface area contributed by atoms with Crippen LogP contribution in [0.15, 0.2) is 22.7 Å². The van der Waals surface area contributed by atoms with E-state index in [0.29, 0.717) is 6.04 Å². The minimum Gasteiger partial charge on any atom is -0.336 e. The number of hydrogen-bond donors (Lipinski definition) is 0. The molecule has 1 heterocycles. The second kappa shape index (κ2) is 6.56. The van der Waals surface area contributed by atoms with E-state index in [9.17, 15) is 4.79 Å². The van der Waals surface area contributed by atoms with Crippen molar-refractivity contribution >= 4 is 21.8 Å². The summed E-state index contributed by atoms with van der Waals surface area (Å²) in [6.07, 6.45) is 5.81. The summed E-state index contributed by atoms with van der Waals surface area (Å²) in [7, 11) is 0. The van der Waals surface area contributed by atoms with E-state index in [1.54, 1.807) is 0 Å². The van der Waals surface area contributed by atoms with Crippen molar-refractivity contribution in [3.8, 4) is 0 Å². The summed E-state index contributed by atoms with van der Waals surface area (Å²) in [4.78, 5) is 14.8. The maximum absolute atomic E-state index is 12.7. The van der Waals surface area contributed by atoms with Crippen molar-refractivity contribution in [1.29, 1.82) is 0 Å². The lowest BCUT2D eigenvalue weighted by Gasteiger charge is -2.36. The molecule has 1 amide bonds. The van der Waals surface area contributed by atoms with Gasteiger partial charge in [-0.3, -0.25) is 4.79 Å². The lowest BCUT2D eigenvalue weighted by Crippen LogP contribution is -2.43. The average Bonchev–Trinajstić information content (AvgIpc) is 2.39. The first kappa shape index (κ1) is 14.6. The lowest BCUT2D eigenvalue weighted by atomic mass is 9.97. The molecule has 0 aromatic heterocycles. The minimum atomic E-state index is 0.185. The summed E-state index contributed by atoms with van der Waals surface area (Å²) >= 11 is 3.53. The Morgan fingerprint density at radius 2 is 2.21 bits per heavy atom. The summed E-state index contributed by atoms with van der Waals surface area (Å²) in [5.41, 5.74) is 1.97. The fourth-order valence-corrected chi connectivity index (χ4v) is 3.51. The van der Waals surface area contributed by atoms with Crippen LogP contribution in [0.25, 0.3) is 0 Å². The Morgan fingerprint density at radius 1 is 1.42 bits per heavy atom. The van der Waals surface area contributed by atoms with Crippen LogP contribution in [0.5, 0.6) is 0 Å². The molecule has 1 aliphatic heterocycles. The molecule has 3 heteroatoms. The minimum absolute atomic E-state index is 0.185. The van der Waals surface area contributed by atoms with Gasteiger partial charge < -0.3 is 4.90 Å². The zero-order chi connectivity index (χ0) is 13.8. The van der Waals surface area contributed by atoms with E-state index >= 15 is 0 Å². The molecule has 2 nitrogen and oxygen atoms in total. The number of amides is 1. The number of halogens is 1. The smallest absolute Gasteiger partial charge is 0.255 e. The number of nitrogens with zero attached hydrogens (tertiary/aromatic N) is 1. The number of carbonyl (C=O) groups excluding carboxylic acids is 1. The topological polar surface area (TPSA) is 20.3 Å². The molecule has 1 saturated heterocycles. The molecule has 2 rings (SSSR count). The maximum atomic E-state index is 12.7. The predicted molar refractivity (Wildman–Crippen MR) is 82.5 cm³/mol. The second-order valence-corrected chi connectivity index (χ2v) is 6.27. The van der Waals surface area contributed by atoms with Gasteiger partial charge in [-0.25, -0.2) is 0 Å². The number of benzene rings is 1. The number of piperidine rings is 1. The van der Waals surface area contributed by atoms with E-state index in [4.69, 9.17) is 0 Å². The molecule has 1 aromatic rings. The highest BCUT2D eigenvalue weighted by molar-refractivity contribution is 9.10. The molecular weight excluding hydrogens is 302 g/mol. The van der Waals surface area contributed by atoms with Crippen LogP contribution < -0.4 is 0 Å². The Bertz CT molecular complexity index is 456. The van der Waals surface area contributed by atoms with Gasteiger partial charge in [0.15, 0.2) is 0 Å². The van der Waals surface area contributed by atoms with Crippen LogP contribution in [0.3, 0.4) is 0 Å². The van der Waals surface area contributed by atoms with Gasteiger partial charge in [0.2, 0.25) is 0 Å². The van der Waals surface area contributed by atoms with Gasteiger partial charge in [0.05, 0.1) is 5.56 Å². The largest absolute Gasteiger partial charge is 0.336 e. The Balaban J connectivity index is 2.21. The second-order valence-electron chi connectivity index (χ2n) is 5.42. The van der Waals surface area contributed by atoms with Gasteiger partial charge in [-0.15, -0.1) is 0 Å². The zero-order valence-electron chi connectivity index (χ0n) is 11.8. The van der Waals surface area contributed by atoms with Gasteiger partial charge >= 0.3 is 0 Å². The lowest BCUT2D eigenvalue weighted by molar-refractivity contribution is 0.0599. The monoisotopic (exact) mass is 323 g/mol. The zero-order valence-corrected chi connectivity index (χ0v) is 13.4. The molecule has 0 spiro atoms. The van der Waals surface area contributed by atoms with Gasteiger partial charge in [-0.2, -0.15) is 0 Å². The number of aryl methyl sites for hydroxylation is 1. The van der Waals surface area contributed by atoms with Crippen molar-refractivity contribution in [3.63, 3.8) is 0 Å². The summed E-state index contributed by atoms with van der Waals surface area (Å²) in [6, 6.07) is 6.40. The average molecular weight is 324 g/mol. The predicted octanol–water partition coefficient (Wildman–Crippen LogP) is 4.55. The summed E-state index contributed by atoms with van der Waals surface area (Å²) in [5.74, 6) is 0.185. The van der Waals surface area contributed by atoms with Crippen molar-refractivity contribution in [3.05, 3.63) is 33.8 Å². The Hall–Kier alpha value is -0.830. The number of likely N-dealkylation sites (tertiary alicyclic amines) is 1. The van der Waals surface area contributed by atoms with Gasteiger partial charge in [0.25, 0.3) is 5.91 Å². The van der Waals surface area contributed by atoms with E-state index < -0.39 is 0 Å². The Kier molecular flexibility index (Phi) is 5.03. The molecule has 0 N–H and O–H groups in total. The first-order chi connectivity index (χ1) is 9.13. The molecule has 0 radical (unpaired) electrons. The molecule has 1 atom stereocenters. The van der Waals surface area contributed by atoms with Crippen molar-refractivity contribution in [1.82, 2.24) is 4.90 Å². The fraction of sp³-hybridized carbons (Fsp3) is 0.562. The van der Waals surface area contributed by atoms with Crippen LogP contribution in [-0.2, 0) is 0 Å². The molecule has 0 aliphatic carbocycles. The van der Waals surface area contributed by atoms with Gasteiger partial charge in [0.1, 0.15) is 0 Å². The third-order valence-corrected chi connectivity index (χ3v) is 4.52. The molecular formula is C16H22BrNO. The highest BCUT2D eigenvalue weighted by Crippen LogP contribution is 2.26. The Morgan fingerprint density at radius 3 is 2.89 bits per heavy atom. The quantitative estimate of drug-likeness (QED) is 0.798. The van der Waals surface area contributed by atoms with Gasteiger partial charge in [-0.1, -0.05) is 19.4 Å². The van der Waals surface area contributed by atoms with Crippen molar-refractivity contribution in [2.45, 2.75) is 52.0 Å². The van der Waals surface area contributed by atoms with Gasteiger partial charge in [-0.05, 0) is 66.2 Å². The van der Waals surface area contributed by atoms with Crippen molar-refractivity contribution < 1.29 is 4.79 Å². The van der Waals surface area contributed by atoms with E-state index in [1.807, 2.05) is 25.1 Å². The van der Waals surface area contributed by atoms with Crippen LogP contribution >= 0.6 is 15.9 Å². The normalized spacial score (nSPS) is 19.5. The molecule has 0 bridgehead atoms. The summed E-state index contributed by atoms with van der Waals surface area (Å²) < 4.78 is 0.915. The number of carbonyl (C=O) groups is 1. The SMILES string of the molecule is CCCC1CCCCN1C(=O)c1ccc(C)cc1Br. The van der Waals surface area contributed by atoms with Crippen LogP contribution in [0.1, 0.15) is 54.9 Å². The third-order valence-electron chi connectivity index (χ3n) is 3.86. The van der Waals surface area contributed by atoms with E-state index in [-0.39, 0.29) is 5.91 Å². The van der Waals surface area contributed by atoms with Crippen LogP contribution in [0.4, 0.5) is 0 Å². The standard InChI is InChI=1S/C16H22BrNO/c1-3-6-13-7-4-5-10-18(13)16(19)14-9-8-12(2)11-15(14)17/h8-9,11,13H,3-7,10H2,1-2H3. The van der Waals surface area contributed by atoms with Crippen LogP contribution in [-0.4, -0.2) is 23.4 Å². The summed E-state index contributed by atoms with van der Waals surface area (Å²) in [5, 5.41) is 0. The van der Waals surface area contributed by atoms with Crippen molar-refractivity contribution in [2.24, 2.45) is 0 Å². The summed E-state index contributed by atoms with van der Waals surface area (Å²) in [6.45, 7) is 5.14. The molecule has 19 heavy (non-hydrogen) atoms. The molecule has 1 aromatic carbocycles.